The first-order valence-electron chi connectivity index (χ1n) is 12.5. The average Bonchev–Trinajstić information content (AvgIpc) is 3.16. The molecular weight excluding hydrogens is 455 g/mol. The van der Waals surface area contributed by atoms with Gasteiger partial charge in [0.15, 0.2) is 0 Å². The van der Waals surface area contributed by atoms with Crippen LogP contribution in [0.2, 0.25) is 0 Å². The van der Waals surface area contributed by atoms with Crippen LogP contribution in [0.1, 0.15) is 37.3 Å². The highest BCUT2D eigenvalue weighted by molar-refractivity contribution is 6.08. The summed E-state index contributed by atoms with van der Waals surface area (Å²) in [6.45, 7) is 5.34. The number of amides is 2. The van der Waals surface area contributed by atoms with E-state index in [1.54, 1.807) is 0 Å². The minimum absolute atomic E-state index is 0.00326. The van der Waals surface area contributed by atoms with Crippen molar-refractivity contribution in [2.75, 3.05) is 35.6 Å². The SMILES string of the molecule is CCNc1cc(F)cc2c1NC(=O)[C@@]2(C)N1CC[C@@H](c2ccccc2)[C@@H](C(=O)Nc2ccccc2)C1. The Labute approximate surface area is 210 Å². The number of benzene rings is 3. The Hall–Kier alpha value is -3.71. The molecule has 0 unspecified atom stereocenters. The van der Waals surface area contributed by atoms with Crippen LogP contribution in [0.3, 0.4) is 0 Å². The second kappa shape index (κ2) is 9.74. The van der Waals surface area contributed by atoms with Gasteiger partial charge in [-0.05, 0) is 56.0 Å². The molecule has 0 spiro atoms. The van der Waals surface area contributed by atoms with E-state index >= 15 is 0 Å². The van der Waals surface area contributed by atoms with E-state index in [1.165, 1.54) is 12.1 Å². The Kier molecular flexibility index (Phi) is 6.49. The van der Waals surface area contributed by atoms with Crippen LogP contribution in [0.4, 0.5) is 21.5 Å². The number of para-hydroxylation sites is 1. The van der Waals surface area contributed by atoms with Crippen LogP contribution in [-0.2, 0) is 15.1 Å². The van der Waals surface area contributed by atoms with E-state index in [2.05, 4.69) is 28.1 Å². The lowest BCUT2D eigenvalue weighted by molar-refractivity contribution is -0.132. The van der Waals surface area contributed by atoms with Gasteiger partial charge < -0.3 is 16.0 Å². The van der Waals surface area contributed by atoms with Gasteiger partial charge in [0.2, 0.25) is 11.8 Å². The zero-order valence-corrected chi connectivity index (χ0v) is 20.6. The van der Waals surface area contributed by atoms with E-state index in [1.807, 2.05) is 67.3 Å². The molecule has 0 saturated carbocycles. The summed E-state index contributed by atoms with van der Waals surface area (Å²) in [5, 5.41) is 9.20. The first kappa shape index (κ1) is 24.0. The maximum Gasteiger partial charge on any atom is 0.249 e. The predicted molar refractivity (Wildman–Crippen MR) is 140 cm³/mol. The normalized spacial score (nSPS) is 23.6. The summed E-state index contributed by atoms with van der Waals surface area (Å²) < 4.78 is 14.7. The van der Waals surface area contributed by atoms with Crippen LogP contribution in [0.25, 0.3) is 0 Å². The van der Waals surface area contributed by atoms with Gasteiger partial charge in [0.25, 0.3) is 0 Å². The molecule has 2 amide bonds. The zero-order valence-electron chi connectivity index (χ0n) is 20.6. The van der Waals surface area contributed by atoms with E-state index in [9.17, 15) is 14.0 Å². The molecule has 6 nitrogen and oxygen atoms in total. The summed E-state index contributed by atoms with van der Waals surface area (Å²) in [5.41, 5.74) is 2.53. The van der Waals surface area contributed by atoms with Crippen LogP contribution in [0, 0.1) is 11.7 Å². The molecule has 3 aromatic rings. The Morgan fingerprint density at radius 1 is 1.11 bits per heavy atom. The molecule has 1 fully saturated rings. The maximum atomic E-state index is 14.7. The summed E-state index contributed by atoms with van der Waals surface area (Å²) in [6, 6.07) is 22.3. The summed E-state index contributed by atoms with van der Waals surface area (Å²) >= 11 is 0. The maximum absolute atomic E-state index is 14.7. The van der Waals surface area contributed by atoms with Gasteiger partial charge in [-0.25, -0.2) is 4.39 Å². The van der Waals surface area contributed by atoms with Gasteiger partial charge in [0, 0.05) is 30.9 Å². The number of fused-ring (bicyclic) bond motifs is 1. The number of halogens is 1. The van der Waals surface area contributed by atoms with E-state index in [4.69, 9.17) is 0 Å². The van der Waals surface area contributed by atoms with Gasteiger partial charge in [-0.15, -0.1) is 0 Å². The molecule has 3 atom stereocenters. The Balaban J connectivity index is 1.50. The first-order chi connectivity index (χ1) is 17.4. The molecule has 2 heterocycles. The van der Waals surface area contributed by atoms with Crippen molar-refractivity contribution < 1.29 is 14.0 Å². The van der Waals surface area contributed by atoms with Crippen molar-refractivity contribution in [3.8, 4) is 0 Å². The number of rotatable bonds is 6. The quantitative estimate of drug-likeness (QED) is 0.450. The van der Waals surface area contributed by atoms with Crippen LogP contribution < -0.4 is 16.0 Å². The van der Waals surface area contributed by atoms with Crippen molar-refractivity contribution in [3.63, 3.8) is 0 Å². The summed E-state index contributed by atoms with van der Waals surface area (Å²) in [6.07, 6.45) is 0.699. The van der Waals surface area contributed by atoms with E-state index in [0.29, 0.717) is 43.0 Å². The Morgan fingerprint density at radius 2 is 1.81 bits per heavy atom. The second-order valence-electron chi connectivity index (χ2n) is 9.65. The van der Waals surface area contributed by atoms with Crippen molar-refractivity contribution >= 4 is 28.9 Å². The Bertz CT molecular complexity index is 1270. The molecule has 1 saturated heterocycles. The third kappa shape index (κ3) is 4.24. The number of carbonyl (C=O) groups excluding carboxylic acids is 2. The van der Waals surface area contributed by atoms with Crippen LogP contribution in [-0.4, -0.2) is 36.3 Å². The lowest BCUT2D eigenvalue weighted by atomic mass is 9.77. The fourth-order valence-electron chi connectivity index (χ4n) is 5.61. The molecular formula is C29H31FN4O2. The molecule has 7 heteroatoms. The van der Waals surface area contributed by atoms with Crippen molar-refractivity contribution in [2.45, 2.75) is 31.7 Å². The average molecular weight is 487 g/mol. The number of nitrogens with one attached hydrogen (secondary N) is 3. The van der Waals surface area contributed by atoms with Crippen molar-refractivity contribution in [1.82, 2.24) is 4.90 Å². The lowest BCUT2D eigenvalue weighted by Crippen LogP contribution is -2.55. The third-order valence-electron chi connectivity index (χ3n) is 7.53. The van der Waals surface area contributed by atoms with Gasteiger partial charge in [-0.1, -0.05) is 48.5 Å². The molecule has 3 N–H and O–H groups in total. The molecule has 3 aromatic carbocycles. The highest BCUT2D eigenvalue weighted by atomic mass is 19.1. The first-order valence-corrected chi connectivity index (χ1v) is 12.5. The largest absolute Gasteiger partial charge is 0.384 e. The molecule has 36 heavy (non-hydrogen) atoms. The Morgan fingerprint density at radius 3 is 2.50 bits per heavy atom. The fourth-order valence-corrected chi connectivity index (χ4v) is 5.61. The minimum Gasteiger partial charge on any atom is -0.384 e. The van der Waals surface area contributed by atoms with Gasteiger partial charge >= 0.3 is 0 Å². The van der Waals surface area contributed by atoms with Crippen molar-refractivity contribution in [2.24, 2.45) is 5.92 Å². The second-order valence-corrected chi connectivity index (χ2v) is 9.65. The third-order valence-corrected chi connectivity index (χ3v) is 7.53. The monoisotopic (exact) mass is 486 g/mol. The summed E-state index contributed by atoms with van der Waals surface area (Å²) in [4.78, 5) is 29.1. The summed E-state index contributed by atoms with van der Waals surface area (Å²) in [5.74, 6) is -1.08. The highest BCUT2D eigenvalue weighted by Gasteiger charge is 2.51. The van der Waals surface area contributed by atoms with E-state index in [-0.39, 0.29) is 17.7 Å². The molecule has 0 radical (unpaired) electrons. The fraction of sp³-hybridized carbons (Fsp3) is 0.310. The van der Waals surface area contributed by atoms with Gasteiger partial charge in [-0.2, -0.15) is 0 Å². The van der Waals surface area contributed by atoms with E-state index in [0.717, 1.165) is 11.3 Å². The van der Waals surface area contributed by atoms with Gasteiger partial charge in [0.05, 0.1) is 17.3 Å². The number of anilines is 3. The van der Waals surface area contributed by atoms with Crippen LogP contribution in [0.15, 0.2) is 72.8 Å². The number of hydrogen-bond acceptors (Lipinski definition) is 4. The number of hydrogen-bond donors (Lipinski definition) is 3. The number of piperidine rings is 1. The standard InChI is InChI=1S/C29H31FN4O2/c1-3-31-25-17-20(30)16-24-26(25)33-28(36)29(24,2)34-15-14-22(19-10-6-4-7-11-19)23(18-34)27(35)32-21-12-8-5-9-13-21/h4-13,16-17,22-23,31H,3,14-15,18H2,1-2H3,(H,32,35)(H,33,36)/t22-,23-,29-/m0/s1. The van der Waals surface area contributed by atoms with Gasteiger partial charge in [0.1, 0.15) is 11.4 Å². The minimum atomic E-state index is -1.09. The topological polar surface area (TPSA) is 73.5 Å². The number of likely N-dealkylation sites (tertiary alicyclic amines) is 1. The number of carbonyl (C=O) groups is 2. The highest BCUT2D eigenvalue weighted by Crippen LogP contribution is 2.47. The van der Waals surface area contributed by atoms with Crippen LogP contribution in [0.5, 0.6) is 0 Å². The summed E-state index contributed by atoms with van der Waals surface area (Å²) in [7, 11) is 0. The molecule has 2 aliphatic heterocycles. The smallest absolute Gasteiger partial charge is 0.249 e. The van der Waals surface area contributed by atoms with Crippen molar-refractivity contribution in [1.29, 1.82) is 0 Å². The van der Waals surface area contributed by atoms with Crippen LogP contribution >= 0.6 is 0 Å². The molecule has 0 aliphatic carbocycles. The molecule has 0 aromatic heterocycles. The predicted octanol–water partition coefficient (Wildman–Crippen LogP) is 5.17. The van der Waals surface area contributed by atoms with Crippen molar-refractivity contribution in [3.05, 3.63) is 89.7 Å². The van der Waals surface area contributed by atoms with Gasteiger partial charge in [-0.3, -0.25) is 14.5 Å². The molecule has 0 bridgehead atoms. The zero-order chi connectivity index (χ0) is 25.3. The molecule has 2 aliphatic rings. The molecule has 5 rings (SSSR count). The number of nitrogens with zero attached hydrogens (tertiary/aromatic N) is 1. The van der Waals surface area contributed by atoms with E-state index < -0.39 is 17.3 Å². The lowest BCUT2D eigenvalue weighted by Gasteiger charge is -2.45. The molecule has 186 valence electrons.